The molecule has 0 aliphatic carbocycles. The van der Waals surface area contributed by atoms with Gasteiger partial charge in [0.05, 0.1) is 16.9 Å². The standard InChI is InChI=1S/C30H35F3N6O5.C2H6/c1-28(2,3)44-27(42)38-15-13-29(43,14-16-38)19-35-25(40)23-17-24(39(37-23)21-10-5-4-6-11-21)36-26(41)34-18-20-9-7-8-12-22(20)30(31,32)33;1-2/h4-12,17,43H,13-16,18-19H2,1-3H3,(H,35,40)(H2,34,36,41);1-2H3. The smallest absolute Gasteiger partial charge is 0.416 e. The number of amides is 4. The van der Waals surface area contributed by atoms with Crippen LogP contribution in [0.1, 0.15) is 69.1 Å². The number of piperidine rings is 1. The van der Waals surface area contributed by atoms with E-state index in [1.54, 1.807) is 51.1 Å². The summed E-state index contributed by atoms with van der Waals surface area (Å²) in [6.45, 7) is 9.31. The van der Waals surface area contributed by atoms with Crippen LogP contribution in [0.15, 0.2) is 60.7 Å². The number of hydrogen-bond acceptors (Lipinski definition) is 6. The number of nitrogens with one attached hydrogen (secondary N) is 3. The maximum atomic E-state index is 13.3. The quantitative estimate of drug-likeness (QED) is 0.259. The molecule has 1 aromatic heterocycles. The minimum atomic E-state index is -4.58. The van der Waals surface area contributed by atoms with Crippen molar-refractivity contribution in [1.82, 2.24) is 25.3 Å². The van der Waals surface area contributed by atoms with Crippen molar-refractivity contribution in [3.63, 3.8) is 0 Å². The molecule has 2 aromatic carbocycles. The number of carbonyl (C=O) groups is 3. The number of rotatable bonds is 7. The lowest BCUT2D eigenvalue weighted by molar-refractivity contribution is -0.138. The number of alkyl halides is 3. The number of aliphatic hydroxyl groups is 1. The molecule has 11 nitrogen and oxygen atoms in total. The van der Waals surface area contributed by atoms with Gasteiger partial charge in [0.2, 0.25) is 0 Å². The monoisotopic (exact) mass is 646 g/mol. The van der Waals surface area contributed by atoms with Crippen LogP contribution in [0.4, 0.5) is 28.6 Å². The number of para-hydroxylation sites is 1. The van der Waals surface area contributed by atoms with E-state index < -0.39 is 47.5 Å². The van der Waals surface area contributed by atoms with Gasteiger partial charge in [-0.05, 0) is 57.4 Å². The normalized spacial score (nSPS) is 14.4. The Kier molecular flexibility index (Phi) is 11.8. The van der Waals surface area contributed by atoms with Crippen LogP contribution in [-0.2, 0) is 17.5 Å². The third kappa shape index (κ3) is 9.96. The minimum Gasteiger partial charge on any atom is -0.444 e. The first-order valence-electron chi connectivity index (χ1n) is 15.0. The van der Waals surface area contributed by atoms with Gasteiger partial charge >= 0.3 is 18.3 Å². The van der Waals surface area contributed by atoms with E-state index in [4.69, 9.17) is 4.74 Å². The highest BCUT2D eigenvalue weighted by Crippen LogP contribution is 2.32. The molecule has 4 rings (SSSR count). The molecule has 0 radical (unpaired) electrons. The predicted octanol–water partition coefficient (Wildman–Crippen LogP) is 5.73. The van der Waals surface area contributed by atoms with Crippen molar-refractivity contribution in [2.75, 3.05) is 25.0 Å². The predicted molar refractivity (Wildman–Crippen MR) is 167 cm³/mol. The number of nitrogens with zero attached hydrogens (tertiary/aromatic N) is 3. The Bertz CT molecular complexity index is 1480. The van der Waals surface area contributed by atoms with Gasteiger partial charge in [0.1, 0.15) is 11.4 Å². The first-order valence-corrected chi connectivity index (χ1v) is 15.0. The maximum absolute atomic E-state index is 13.3. The third-order valence-electron chi connectivity index (χ3n) is 6.87. The molecule has 14 heteroatoms. The van der Waals surface area contributed by atoms with E-state index in [2.05, 4.69) is 21.0 Å². The second-order valence-electron chi connectivity index (χ2n) is 11.5. The van der Waals surface area contributed by atoms with Gasteiger partial charge in [0.25, 0.3) is 5.91 Å². The summed E-state index contributed by atoms with van der Waals surface area (Å²) in [7, 11) is 0. The summed E-state index contributed by atoms with van der Waals surface area (Å²) in [6.07, 6.45) is -4.61. The van der Waals surface area contributed by atoms with Crippen LogP contribution in [0.25, 0.3) is 5.69 Å². The molecular weight excluding hydrogens is 605 g/mol. The molecule has 0 saturated carbocycles. The van der Waals surface area contributed by atoms with E-state index in [9.17, 15) is 32.7 Å². The number of benzene rings is 2. The highest BCUT2D eigenvalue weighted by molar-refractivity contribution is 5.95. The number of likely N-dealkylation sites (tertiary alicyclic amines) is 1. The van der Waals surface area contributed by atoms with Gasteiger partial charge in [-0.25, -0.2) is 14.3 Å². The molecular formula is C32H41F3N6O5. The van der Waals surface area contributed by atoms with Crippen LogP contribution in [-0.4, -0.2) is 68.7 Å². The molecule has 0 atom stereocenters. The molecule has 1 saturated heterocycles. The van der Waals surface area contributed by atoms with Crippen LogP contribution >= 0.6 is 0 Å². The lowest BCUT2D eigenvalue weighted by atomic mass is 9.91. The zero-order chi connectivity index (χ0) is 34.1. The van der Waals surface area contributed by atoms with Crippen molar-refractivity contribution in [1.29, 1.82) is 0 Å². The lowest BCUT2D eigenvalue weighted by Crippen LogP contribution is -2.52. The number of ether oxygens (including phenoxy) is 1. The van der Waals surface area contributed by atoms with Crippen LogP contribution in [0.5, 0.6) is 0 Å². The van der Waals surface area contributed by atoms with Gasteiger partial charge in [0, 0.05) is 32.2 Å². The molecule has 46 heavy (non-hydrogen) atoms. The van der Waals surface area contributed by atoms with Gasteiger partial charge in [-0.15, -0.1) is 0 Å². The number of halogens is 3. The van der Waals surface area contributed by atoms with E-state index >= 15 is 0 Å². The third-order valence-corrected chi connectivity index (χ3v) is 6.87. The van der Waals surface area contributed by atoms with E-state index in [0.717, 1.165) is 6.07 Å². The fourth-order valence-corrected chi connectivity index (χ4v) is 4.58. The number of urea groups is 1. The van der Waals surface area contributed by atoms with Crippen molar-refractivity contribution < 1.29 is 37.4 Å². The molecule has 1 aliphatic rings. The summed E-state index contributed by atoms with van der Waals surface area (Å²) in [5, 5.41) is 23.0. The first kappa shape index (κ1) is 35.9. The lowest BCUT2D eigenvalue weighted by Gasteiger charge is -2.38. The van der Waals surface area contributed by atoms with Crippen molar-refractivity contribution in [3.8, 4) is 5.69 Å². The Morgan fingerprint density at radius 1 is 0.957 bits per heavy atom. The summed E-state index contributed by atoms with van der Waals surface area (Å²) in [4.78, 5) is 39.6. The number of hydrogen-bond donors (Lipinski definition) is 4. The summed E-state index contributed by atoms with van der Waals surface area (Å²) in [5.41, 5.74) is -2.43. The van der Waals surface area contributed by atoms with Crippen LogP contribution < -0.4 is 16.0 Å². The van der Waals surface area contributed by atoms with Gasteiger partial charge in [-0.3, -0.25) is 10.1 Å². The second kappa shape index (κ2) is 15.1. The van der Waals surface area contributed by atoms with Gasteiger partial charge in [-0.2, -0.15) is 18.3 Å². The molecule has 250 valence electrons. The molecule has 4 amide bonds. The summed E-state index contributed by atoms with van der Waals surface area (Å²) >= 11 is 0. The van der Waals surface area contributed by atoms with E-state index in [1.165, 1.54) is 33.8 Å². The number of carbonyl (C=O) groups excluding carboxylic acids is 3. The first-order chi connectivity index (χ1) is 21.6. The van der Waals surface area contributed by atoms with Gasteiger partial charge < -0.3 is 25.4 Å². The Morgan fingerprint density at radius 3 is 2.17 bits per heavy atom. The summed E-state index contributed by atoms with van der Waals surface area (Å²) in [5.74, 6) is -0.530. The number of anilines is 1. The minimum absolute atomic E-state index is 0.0682. The molecule has 3 aromatic rings. The highest BCUT2D eigenvalue weighted by Gasteiger charge is 2.36. The topological polar surface area (TPSA) is 138 Å². The van der Waals surface area contributed by atoms with Crippen LogP contribution in [0.3, 0.4) is 0 Å². The van der Waals surface area contributed by atoms with Gasteiger partial charge in [0.15, 0.2) is 5.69 Å². The molecule has 0 bridgehead atoms. The summed E-state index contributed by atoms with van der Waals surface area (Å²) < 4.78 is 46.7. The van der Waals surface area contributed by atoms with Crippen molar-refractivity contribution in [3.05, 3.63) is 77.5 Å². The van der Waals surface area contributed by atoms with Crippen molar-refractivity contribution in [2.45, 2.75) is 71.4 Å². The van der Waals surface area contributed by atoms with Crippen LogP contribution in [0.2, 0.25) is 0 Å². The Hall–Kier alpha value is -4.59. The largest absolute Gasteiger partial charge is 0.444 e. The zero-order valence-corrected chi connectivity index (χ0v) is 26.6. The molecule has 4 N–H and O–H groups in total. The zero-order valence-electron chi connectivity index (χ0n) is 26.6. The van der Waals surface area contributed by atoms with Gasteiger partial charge in [-0.1, -0.05) is 50.2 Å². The SMILES string of the molecule is CC.CC(C)(C)OC(=O)N1CCC(O)(CNC(=O)c2cc(NC(=O)NCc3ccccc3C(F)(F)F)n(-c3ccccc3)n2)CC1. The fourth-order valence-electron chi connectivity index (χ4n) is 4.58. The van der Waals surface area contributed by atoms with E-state index in [-0.39, 0.29) is 49.6 Å². The molecule has 1 fully saturated rings. The van der Waals surface area contributed by atoms with Crippen LogP contribution in [0, 0.1) is 0 Å². The molecule has 1 aliphatic heterocycles. The second-order valence-corrected chi connectivity index (χ2v) is 11.5. The molecule has 0 unspecified atom stereocenters. The maximum Gasteiger partial charge on any atom is 0.416 e. The fraction of sp³-hybridized carbons (Fsp3) is 0.438. The Labute approximate surface area is 266 Å². The van der Waals surface area contributed by atoms with E-state index in [1.807, 2.05) is 13.8 Å². The molecule has 2 heterocycles. The highest BCUT2D eigenvalue weighted by atomic mass is 19.4. The molecule has 0 spiro atoms. The van der Waals surface area contributed by atoms with Crippen molar-refractivity contribution >= 4 is 23.8 Å². The number of aromatic nitrogens is 2. The summed E-state index contributed by atoms with van der Waals surface area (Å²) in [6, 6.07) is 14.0. The Morgan fingerprint density at radius 2 is 1.57 bits per heavy atom. The van der Waals surface area contributed by atoms with Crippen molar-refractivity contribution in [2.24, 2.45) is 0 Å². The average Bonchev–Trinajstić information content (AvgIpc) is 3.43. The average molecular weight is 647 g/mol. The van der Waals surface area contributed by atoms with E-state index in [0.29, 0.717) is 5.69 Å². The Balaban J connectivity index is 0.00000282.